The Morgan fingerprint density at radius 1 is 1.12 bits per heavy atom. The van der Waals surface area contributed by atoms with E-state index >= 15 is 0 Å². The maximum Gasteiger partial charge on any atom is 0.253 e. The summed E-state index contributed by atoms with van der Waals surface area (Å²) >= 11 is 4.21. The third kappa shape index (κ3) is 3.56. The first-order valence-electron chi connectivity index (χ1n) is 5.77. The third-order valence-corrected chi connectivity index (χ3v) is 2.69. The van der Waals surface area contributed by atoms with Crippen LogP contribution in [0.4, 0.5) is 0 Å². The van der Waals surface area contributed by atoms with E-state index in [-0.39, 0.29) is 5.91 Å². The molecule has 1 amide bonds. The number of carbonyl (C=O) groups excluding carboxylic acids is 1. The lowest BCUT2D eigenvalue weighted by Crippen LogP contribution is -2.32. The Hall–Kier alpha value is -0.960. The molecular weight excluding hydrogens is 218 g/mol. The summed E-state index contributed by atoms with van der Waals surface area (Å²) in [5, 5.41) is 0. The van der Waals surface area contributed by atoms with Gasteiger partial charge in [-0.3, -0.25) is 4.79 Å². The second-order valence-electron chi connectivity index (χ2n) is 3.84. The maximum atomic E-state index is 12.1. The monoisotopic (exact) mass is 237 g/mol. The number of thiol groups is 1. The van der Waals surface area contributed by atoms with Gasteiger partial charge in [0.2, 0.25) is 0 Å². The second-order valence-corrected chi connectivity index (χ2v) is 4.36. The highest BCUT2D eigenvalue weighted by molar-refractivity contribution is 7.80. The van der Waals surface area contributed by atoms with E-state index < -0.39 is 0 Å². The number of rotatable bonds is 5. The van der Waals surface area contributed by atoms with E-state index in [9.17, 15) is 4.79 Å². The number of amides is 1. The average Bonchev–Trinajstić information content (AvgIpc) is 2.29. The number of hydrogen-bond donors (Lipinski definition) is 1. The van der Waals surface area contributed by atoms with Crippen molar-refractivity contribution < 1.29 is 4.79 Å². The Labute approximate surface area is 103 Å². The number of hydrogen-bond acceptors (Lipinski definition) is 2. The van der Waals surface area contributed by atoms with Crippen LogP contribution in [0.1, 0.15) is 37.0 Å². The minimum atomic E-state index is 0.122. The molecule has 2 nitrogen and oxygen atoms in total. The van der Waals surface area contributed by atoms with Crippen molar-refractivity contribution in [2.45, 2.75) is 31.6 Å². The topological polar surface area (TPSA) is 20.3 Å². The molecule has 0 radical (unpaired) electrons. The molecule has 0 bridgehead atoms. The first-order chi connectivity index (χ1) is 7.69. The summed E-state index contributed by atoms with van der Waals surface area (Å²) in [6.07, 6.45) is 1.99. The molecule has 3 heteroatoms. The van der Waals surface area contributed by atoms with Crippen LogP contribution >= 0.6 is 12.6 Å². The molecule has 88 valence electrons. The standard InChI is InChI=1S/C13H19NOS/c1-3-9-14(10-4-2)13(15)11-5-7-12(16)8-6-11/h5-8,16H,3-4,9-10H2,1-2H3. The molecule has 0 spiro atoms. The Balaban J connectivity index is 2.77. The van der Waals surface area contributed by atoms with Crippen molar-refractivity contribution in [1.29, 1.82) is 0 Å². The lowest BCUT2D eigenvalue weighted by atomic mass is 10.2. The van der Waals surface area contributed by atoms with Crippen molar-refractivity contribution in [2.75, 3.05) is 13.1 Å². The Morgan fingerprint density at radius 2 is 1.62 bits per heavy atom. The van der Waals surface area contributed by atoms with E-state index in [2.05, 4.69) is 26.5 Å². The highest BCUT2D eigenvalue weighted by Gasteiger charge is 2.13. The van der Waals surface area contributed by atoms with E-state index in [0.29, 0.717) is 0 Å². The van der Waals surface area contributed by atoms with Gasteiger partial charge in [0.1, 0.15) is 0 Å². The van der Waals surface area contributed by atoms with Crippen LogP contribution in [0.5, 0.6) is 0 Å². The second kappa shape index (κ2) is 6.59. The quantitative estimate of drug-likeness (QED) is 0.780. The van der Waals surface area contributed by atoms with Crippen LogP contribution in [0.3, 0.4) is 0 Å². The summed E-state index contributed by atoms with van der Waals surface area (Å²) in [7, 11) is 0. The minimum Gasteiger partial charge on any atom is -0.339 e. The summed E-state index contributed by atoms with van der Waals surface area (Å²) in [5.41, 5.74) is 0.750. The number of benzene rings is 1. The normalized spacial score (nSPS) is 10.2. The van der Waals surface area contributed by atoms with Gasteiger partial charge in [-0.15, -0.1) is 12.6 Å². The van der Waals surface area contributed by atoms with Gasteiger partial charge in [0.25, 0.3) is 5.91 Å². The fourth-order valence-electron chi connectivity index (χ4n) is 1.64. The SMILES string of the molecule is CCCN(CCC)C(=O)c1ccc(S)cc1. The summed E-state index contributed by atoms with van der Waals surface area (Å²) in [6.45, 7) is 5.84. The van der Waals surface area contributed by atoms with E-state index in [4.69, 9.17) is 0 Å². The molecule has 0 atom stereocenters. The summed E-state index contributed by atoms with van der Waals surface area (Å²) in [4.78, 5) is 14.9. The number of carbonyl (C=O) groups is 1. The van der Waals surface area contributed by atoms with Crippen LogP contribution in [0.25, 0.3) is 0 Å². The van der Waals surface area contributed by atoms with Crippen molar-refractivity contribution in [3.05, 3.63) is 29.8 Å². The largest absolute Gasteiger partial charge is 0.339 e. The molecule has 0 aromatic heterocycles. The Morgan fingerprint density at radius 3 is 2.06 bits per heavy atom. The molecule has 0 N–H and O–H groups in total. The maximum absolute atomic E-state index is 12.1. The van der Waals surface area contributed by atoms with Crippen LogP contribution in [0.2, 0.25) is 0 Å². The molecule has 0 saturated heterocycles. The van der Waals surface area contributed by atoms with Gasteiger partial charge in [-0.05, 0) is 37.1 Å². The number of nitrogens with zero attached hydrogens (tertiary/aromatic N) is 1. The van der Waals surface area contributed by atoms with Gasteiger partial charge in [0, 0.05) is 23.5 Å². The van der Waals surface area contributed by atoms with Gasteiger partial charge in [0.05, 0.1) is 0 Å². The summed E-state index contributed by atoms with van der Waals surface area (Å²) in [5.74, 6) is 0.122. The zero-order valence-corrected chi connectivity index (χ0v) is 10.8. The molecule has 1 aromatic carbocycles. The predicted octanol–water partition coefficient (Wildman–Crippen LogP) is 3.24. The molecule has 0 saturated carbocycles. The molecule has 0 aliphatic carbocycles. The summed E-state index contributed by atoms with van der Waals surface area (Å²) < 4.78 is 0. The lowest BCUT2D eigenvalue weighted by Gasteiger charge is -2.21. The molecule has 0 unspecified atom stereocenters. The van der Waals surface area contributed by atoms with E-state index in [1.807, 2.05) is 29.2 Å². The van der Waals surface area contributed by atoms with Gasteiger partial charge in [-0.2, -0.15) is 0 Å². The Bertz CT molecular complexity index is 328. The van der Waals surface area contributed by atoms with Gasteiger partial charge in [-0.1, -0.05) is 13.8 Å². The van der Waals surface area contributed by atoms with Gasteiger partial charge in [0.15, 0.2) is 0 Å². The molecule has 16 heavy (non-hydrogen) atoms. The fraction of sp³-hybridized carbons (Fsp3) is 0.462. The smallest absolute Gasteiger partial charge is 0.253 e. The molecule has 0 aliphatic heterocycles. The molecule has 1 rings (SSSR count). The zero-order chi connectivity index (χ0) is 12.0. The average molecular weight is 237 g/mol. The minimum absolute atomic E-state index is 0.122. The zero-order valence-electron chi connectivity index (χ0n) is 9.94. The fourth-order valence-corrected chi connectivity index (χ4v) is 1.79. The summed E-state index contributed by atoms with van der Waals surface area (Å²) in [6, 6.07) is 7.38. The third-order valence-electron chi connectivity index (χ3n) is 2.39. The van der Waals surface area contributed by atoms with Crippen molar-refractivity contribution in [3.63, 3.8) is 0 Å². The van der Waals surface area contributed by atoms with Gasteiger partial charge >= 0.3 is 0 Å². The highest BCUT2D eigenvalue weighted by atomic mass is 32.1. The predicted molar refractivity (Wildman–Crippen MR) is 70.2 cm³/mol. The van der Waals surface area contributed by atoms with Crippen molar-refractivity contribution in [1.82, 2.24) is 4.90 Å². The lowest BCUT2D eigenvalue weighted by molar-refractivity contribution is 0.0755. The van der Waals surface area contributed by atoms with E-state index in [1.165, 1.54) is 0 Å². The van der Waals surface area contributed by atoms with Crippen molar-refractivity contribution >= 4 is 18.5 Å². The van der Waals surface area contributed by atoms with Crippen LogP contribution in [-0.2, 0) is 0 Å². The molecule has 0 aliphatic rings. The van der Waals surface area contributed by atoms with Gasteiger partial charge in [-0.25, -0.2) is 0 Å². The molecule has 0 fully saturated rings. The van der Waals surface area contributed by atoms with Crippen LogP contribution in [0, 0.1) is 0 Å². The molecular formula is C13H19NOS. The van der Waals surface area contributed by atoms with E-state index in [0.717, 1.165) is 36.4 Å². The molecule has 0 heterocycles. The molecule has 1 aromatic rings. The Kier molecular flexibility index (Phi) is 5.39. The van der Waals surface area contributed by atoms with Crippen LogP contribution in [-0.4, -0.2) is 23.9 Å². The van der Waals surface area contributed by atoms with Gasteiger partial charge < -0.3 is 4.90 Å². The first-order valence-corrected chi connectivity index (χ1v) is 6.22. The highest BCUT2D eigenvalue weighted by Crippen LogP contribution is 2.10. The van der Waals surface area contributed by atoms with Crippen molar-refractivity contribution in [3.8, 4) is 0 Å². The van der Waals surface area contributed by atoms with Crippen molar-refractivity contribution in [2.24, 2.45) is 0 Å². The first kappa shape index (κ1) is 13.1. The van der Waals surface area contributed by atoms with Crippen LogP contribution in [0.15, 0.2) is 29.2 Å². The van der Waals surface area contributed by atoms with Crippen LogP contribution < -0.4 is 0 Å². The van der Waals surface area contributed by atoms with E-state index in [1.54, 1.807) is 0 Å².